The Balaban J connectivity index is 0.00000110. The molecule has 4 heterocycles. The Labute approximate surface area is 109 Å². The van der Waals surface area contributed by atoms with Crippen LogP contribution in [0.3, 0.4) is 0 Å². The van der Waals surface area contributed by atoms with Gasteiger partial charge in [0.1, 0.15) is 12.0 Å². The van der Waals surface area contributed by atoms with Gasteiger partial charge in [0.25, 0.3) is 0 Å². The topological polar surface area (TPSA) is 76.8 Å². The molecule has 4 rings (SSSR count). The molecule has 0 atom stereocenters. The Bertz CT molecular complexity index is 703. The maximum Gasteiger partial charge on any atom is 0.160 e. The summed E-state index contributed by atoms with van der Waals surface area (Å²) in [6.07, 6.45) is 4.19. The number of hydrogen-bond acceptors (Lipinski definition) is 5. The van der Waals surface area contributed by atoms with Gasteiger partial charge in [-0.05, 0) is 0 Å². The Hall–Kier alpha value is -2.21. The molecule has 0 bridgehead atoms. The van der Waals surface area contributed by atoms with E-state index in [1.165, 1.54) is 6.26 Å². The number of fused-ring (bicyclic) bond motifs is 3. The molecule has 98 valence electrons. The Morgan fingerprint density at radius 1 is 1.32 bits per heavy atom. The van der Waals surface area contributed by atoms with Gasteiger partial charge in [-0.3, -0.25) is 4.98 Å². The van der Waals surface area contributed by atoms with Crippen LogP contribution in [0.5, 0.6) is 0 Å². The number of hydrogen-bond donors (Lipinski definition) is 1. The van der Waals surface area contributed by atoms with E-state index in [1.54, 1.807) is 6.07 Å². The summed E-state index contributed by atoms with van der Waals surface area (Å²) in [6.45, 7) is 1.30. The fourth-order valence-corrected chi connectivity index (χ4v) is 2.23. The lowest BCUT2D eigenvalue weighted by atomic mass is 10.1. The molecule has 0 amide bonds. The van der Waals surface area contributed by atoms with Crippen molar-refractivity contribution < 1.29 is 9.26 Å². The van der Waals surface area contributed by atoms with Crippen LogP contribution in [0.15, 0.2) is 23.0 Å². The minimum Gasteiger partial charge on any atom is -0.376 e. The smallest absolute Gasteiger partial charge is 0.160 e. The van der Waals surface area contributed by atoms with Gasteiger partial charge >= 0.3 is 0 Å². The minimum atomic E-state index is 0. The molecule has 6 nitrogen and oxygen atoms in total. The fourth-order valence-electron chi connectivity index (χ4n) is 2.23. The van der Waals surface area contributed by atoms with E-state index in [2.05, 4.69) is 20.1 Å². The SMILES string of the molecule is C.c1cc(-c2nc3c4c(ncc3[nH]2)CCOC4)no1. The summed E-state index contributed by atoms with van der Waals surface area (Å²) in [7, 11) is 0. The number of nitrogens with zero attached hydrogens (tertiary/aromatic N) is 3. The van der Waals surface area contributed by atoms with Crippen molar-refractivity contribution in [2.24, 2.45) is 0 Å². The van der Waals surface area contributed by atoms with E-state index >= 15 is 0 Å². The summed E-state index contributed by atoms with van der Waals surface area (Å²) in [5.41, 5.74) is 4.66. The van der Waals surface area contributed by atoms with Gasteiger partial charge in [0.15, 0.2) is 5.82 Å². The average Bonchev–Trinajstić information content (AvgIpc) is 3.07. The maximum absolute atomic E-state index is 5.48. The van der Waals surface area contributed by atoms with Gasteiger partial charge in [0, 0.05) is 18.1 Å². The molecule has 0 unspecified atom stereocenters. The first-order valence-electron chi connectivity index (χ1n) is 5.77. The van der Waals surface area contributed by atoms with E-state index in [0.29, 0.717) is 18.1 Å². The highest BCUT2D eigenvalue weighted by Gasteiger charge is 2.18. The lowest BCUT2D eigenvalue weighted by Crippen LogP contribution is -2.11. The number of ether oxygens (including phenoxy) is 1. The summed E-state index contributed by atoms with van der Waals surface area (Å²) >= 11 is 0. The molecular formula is C13H14N4O2. The Morgan fingerprint density at radius 3 is 3.11 bits per heavy atom. The second kappa shape index (κ2) is 4.47. The van der Waals surface area contributed by atoms with Crippen LogP contribution < -0.4 is 0 Å². The molecular weight excluding hydrogens is 244 g/mol. The monoisotopic (exact) mass is 258 g/mol. The van der Waals surface area contributed by atoms with E-state index in [4.69, 9.17) is 9.26 Å². The summed E-state index contributed by atoms with van der Waals surface area (Å²) in [5.74, 6) is 0.694. The highest BCUT2D eigenvalue weighted by atomic mass is 16.5. The Kier molecular flexibility index (Phi) is 2.79. The first-order valence-corrected chi connectivity index (χ1v) is 5.77. The van der Waals surface area contributed by atoms with Crippen molar-refractivity contribution in [1.82, 2.24) is 20.1 Å². The van der Waals surface area contributed by atoms with Crippen LogP contribution >= 0.6 is 0 Å². The fraction of sp³-hybridized carbons (Fsp3) is 0.308. The van der Waals surface area contributed by atoms with Crippen LogP contribution in [-0.2, 0) is 17.8 Å². The zero-order chi connectivity index (χ0) is 11.9. The highest BCUT2D eigenvalue weighted by molar-refractivity contribution is 5.81. The molecule has 0 fully saturated rings. The van der Waals surface area contributed by atoms with Gasteiger partial charge in [-0.2, -0.15) is 0 Å². The van der Waals surface area contributed by atoms with Crippen molar-refractivity contribution in [1.29, 1.82) is 0 Å². The van der Waals surface area contributed by atoms with Gasteiger partial charge in [0.05, 0.1) is 36.1 Å². The molecule has 3 aromatic rings. The van der Waals surface area contributed by atoms with E-state index in [0.717, 1.165) is 35.3 Å². The number of H-pyrrole nitrogens is 1. The van der Waals surface area contributed by atoms with Crippen molar-refractivity contribution in [3.63, 3.8) is 0 Å². The lowest BCUT2D eigenvalue weighted by molar-refractivity contribution is 0.110. The molecule has 0 aliphatic carbocycles. The van der Waals surface area contributed by atoms with Crippen LogP contribution in [0.25, 0.3) is 22.6 Å². The molecule has 0 saturated heterocycles. The van der Waals surface area contributed by atoms with Crippen molar-refractivity contribution in [2.45, 2.75) is 20.5 Å². The molecule has 3 aromatic heterocycles. The van der Waals surface area contributed by atoms with Crippen LogP contribution in [0, 0.1) is 0 Å². The third-order valence-electron chi connectivity index (χ3n) is 3.13. The van der Waals surface area contributed by atoms with Crippen LogP contribution in [0.1, 0.15) is 18.7 Å². The first-order chi connectivity index (χ1) is 8.92. The number of aromatic nitrogens is 4. The van der Waals surface area contributed by atoms with Crippen molar-refractivity contribution in [2.75, 3.05) is 6.61 Å². The summed E-state index contributed by atoms with van der Waals surface area (Å²) < 4.78 is 10.3. The van der Waals surface area contributed by atoms with Crippen LogP contribution in [0.2, 0.25) is 0 Å². The van der Waals surface area contributed by atoms with Gasteiger partial charge in [0.2, 0.25) is 0 Å². The third kappa shape index (κ3) is 1.80. The van der Waals surface area contributed by atoms with Crippen molar-refractivity contribution in [3.8, 4) is 11.5 Å². The predicted molar refractivity (Wildman–Crippen MR) is 69.5 cm³/mol. The van der Waals surface area contributed by atoms with Gasteiger partial charge in [-0.15, -0.1) is 0 Å². The summed E-state index contributed by atoms with van der Waals surface area (Å²) in [6, 6.07) is 1.77. The highest BCUT2D eigenvalue weighted by Crippen LogP contribution is 2.25. The van der Waals surface area contributed by atoms with E-state index in [9.17, 15) is 0 Å². The molecule has 1 aliphatic heterocycles. The van der Waals surface area contributed by atoms with Gasteiger partial charge in [-0.1, -0.05) is 12.6 Å². The first kappa shape index (κ1) is 11.9. The van der Waals surface area contributed by atoms with E-state index < -0.39 is 0 Å². The van der Waals surface area contributed by atoms with Crippen molar-refractivity contribution in [3.05, 3.63) is 29.8 Å². The predicted octanol–water partition coefficient (Wildman–Crippen LogP) is 2.32. The number of aromatic amines is 1. The summed E-state index contributed by atoms with van der Waals surface area (Å²) in [4.78, 5) is 12.2. The molecule has 19 heavy (non-hydrogen) atoms. The quantitative estimate of drug-likeness (QED) is 0.724. The summed E-state index contributed by atoms with van der Waals surface area (Å²) in [5, 5.41) is 3.87. The molecule has 1 N–H and O–H groups in total. The lowest BCUT2D eigenvalue weighted by Gasteiger charge is -2.14. The molecule has 6 heteroatoms. The zero-order valence-electron chi connectivity index (χ0n) is 9.51. The van der Waals surface area contributed by atoms with Gasteiger partial charge in [-0.25, -0.2) is 4.98 Å². The van der Waals surface area contributed by atoms with E-state index in [-0.39, 0.29) is 7.43 Å². The standard InChI is InChI=1S/C12H10N4O2.CH4/c1-3-17-6-7-8(1)13-5-10-11(7)15-12(14-10)9-2-4-18-16-9;/h2,4-5H,1,3,6H2,(H,14,15);1H4. The average molecular weight is 258 g/mol. The number of nitrogens with one attached hydrogen (secondary N) is 1. The van der Waals surface area contributed by atoms with Crippen LogP contribution in [-0.4, -0.2) is 26.7 Å². The number of rotatable bonds is 1. The van der Waals surface area contributed by atoms with Gasteiger partial charge < -0.3 is 14.2 Å². The minimum absolute atomic E-state index is 0. The third-order valence-corrected chi connectivity index (χ3v) is 3.13. The molecule has 0 saturated carbocycles. The molecule has 0 aromatic carbocycles. The normalized spacial score (nSPS) is 14.1. The second-order valence-corrected chi connectivity index (χ2v) is 4.22. The number of imidazole rings is 1. The second-order valence-electron chi connectivity index (χ2n) is 4.22. The maximum atomic E-state index is 5.48. The molecule has 0 spiro atoms. The molecule has 1 aliphatic rings. The van der Waals surface area contributed by atoms with Crippen molar-refractivity contribution >= 4 is 11.0 Å². The zero-order valence-corrected chi connectivity index (χ0v) is 9.51. The van der Waals surface area contributed by atoms with E-state index in [1.807, 2.05) is 6.20 Å². The Morgan fingerprint density at radius 2 is 2.26 bits per heavy atom. The molecule has 0 radical (unpaired) electrons. The van der Waals surface area contributed by atoms with Crippen LogP contribution in [0.4, 0.5) is 0 Å². The largest absolute Gasteiger partial charge is 0.376 e. The number of pyridine rings is 1.